The molecule has 2 atom stereocenters. The molecule has 2 unspecified atom stereocenters. The molecule has 0 spiro atoms. The Bertz CT molecular complexity index is 256. The number of rotatable bonds is 7. The highest BCUT2D eigenvalue weighted by Crippen LogP contribution is 2.17. The maximum atomic E-state index is 5.73. The van der Waals surface area contributed by atoms with Gasteiger partial charge >= 0.3 is 0 Å². The van der Waals surface area contributed by atoms with Crippen molar-refractivity contribution in [2.45, 2.75) is 45.1 Å². The molecule has 20 heavy (non-hydrogen) atoms. The van der Waals surface area contributed by atoms with Crippen molar-refractivity contribution in [2.24, 2.45) is 11.7 Å². The van der Waals surface area contributed by atoms with Gasteiger partial charge in [-0.3, -0.25) is 0 Å². The molecular weight excluding hydrogens is 250 g/mol. The Morgan fingerprint density at radius 1 is 1.15 bits per heavy atom. The van der Waals surface area contributed by atoms with Crippen molar-refractivity contribution in [2.75, 3.05) is 52.4 Å². The van der Waals surface area contributed by atoms with Gasteiger partial charge in [0.15, 0.2) is 0 Å². The molecule has 0 aliphatic carbocycles. The monoisotopic (exact) mass is 283 g/mol. The normalized spacial score (nSPS) is 27.6. The molecule has 0 amide bonds. The lowest BCUT2D eigenvalue weighted by Gasteiger charge is -2.24. The van der Waals surface area contributed by atoms with Crippen molar-refractivity contribution < 1.29 is 4.74 Å². The molecule has 2 saturated heterocycles. The van der Waals surface area contributed by atoms with Crippen LogP contribution in [0.3, 0.4) is 0 Å². The Balaban J connectivity index is 1.59. The lowest BCUT2D eigenvalue weighted by molar-refractivity contribution is 0.0988. The third-order valence-corrected chi connectivity index (χ3v) is 4.68. The topological polar surface area (TPSA) is 41.7 Å². The fourth-order valence-electron chi connectivity index (χ4n) is 3.36. The minimum absolute atomic E-state index is 0.559. The molecule has 0 aromatic carbocycles. The first-order valence-corrected chi connectivity index (χ1v) is 8.54. The minimum Gasteiger partial charge on any atom is -0.378 e. The van der Waals surface area contributed by atoms with Gasteiger partial charge in [-0.1, -0.05) is 6.92 Å². The van der Waals surface area contributed by atoms with E-state index in [2.05, 4.69) is 16.7 Å². The van der Waals surface area contributed by atoms with Gasteiger partial charge in [-0.25, -0.2) is 0 Å². The maximum Gasteiger partial charge on any atom is 0.0576 e. The third-order valence-electron chi connectivity index (χ3n) is 4.68. The van der Waals surface area contributed by atoms with E-state index in [9.17, 15) is 0 Å². The van der Waals surface area contributed by atoms with E-state index >= 15 is 0 Å². The van der Waals surface area contributed by atoms with Crippen LogP contribution in [-0.2, 0) is 4.74 Å². The van der Waals surface area contributed by atoms with Gasteiger partial charge in [0, 0.05) is 26.2 Å². The van der Waals surface area contributed by atoms with E-state index in [1.165, 1.54) is 71.4 Å². The highest BCUT2D eigenvalue weighted by atomic mass is 16.5. The van der Waals surface area contributed by atoms with E-state index in [4.69, 9.17) is 10.5 Å². The molecule has 2 rings (SSSR count). The Labute approximate surface area is 124 Å². The van der Waals surface area contributed by atoms with Crippen LogP contribution >= 0.6 is 0 Å². The van der Waals surface area contributed by atoms with E-state index in [1.54, 1.807) is 0 Å². The zero-order valence-corrected chi connectivity index (χ0v) is 13.2. The summed E-state index contributed by atoms with van der Waals surface area (Å²) < 4.78 is 5.70. The van der Waals surface area contributed by atoms with E-state index < -0.39 is 0 Å². The first-order valence-electron chi connectivity index (χ1n) is 8.54. The quantitative estimate of drug-likeness (QED) is 0.770. The molecule has 2 N–H and O–H groups in total. The second kappa shape index (κ2) is 8.98. The van der Waals surface area contributed by atoms with Crippen LogP contribution in [0.2, 0.25) is 0 Å². The molecular formula is C16H33N3O. The summed E-state index contributed by atoms with van der Waals surface area (Å²) in [5.41, 5.74) is 5.73. The van der Waals surface area contributed by atoms with Crippen molar-refractivity contribution in [3.8, 4) is 0 Å². The lowest BCUT2D eigenvalue weighted by atomic mass is 10.1. The summed E-state index contributed by atoms with van der Waals surface area (Å²) in [5.74, 6) is 0.626. The van der Waals surface area contributed by atoms with Crippen molar-refractivity contribution in [1.29, 1.82) is 0 Å². The molecule has 2 fully saturated rings. The minimum atomic E-state index is 0.559. The summed E-state index contributed by atoms with van der Waals surface area (Å²) in [4.78, 5) is 5.24. The van der Waals surface area contributed by atoms with Crippen molar-refractivity contribution >= 4 is 0 Å². The molecule has 0 aromatic heterocycles. The first-order chi connectivity index (χ1) is 9.78. The van der Waals surface area contributed by atoms with Gasteiger partial charge in [0.1, 0.15) is 0 Å². The van der Waals surface area contributed by atoms with Crippen LogP contribution in [0.25, 0.3) is 0 Å². The summed E-state index contributed by atoms with van der Waals surface area (Å²) in [6.07, 6.45) is 6.96. The van der Waals surface area contributed by atoms with Crippen LogP contribution in [0, 0.1) is 5.92 Å². The molecule has 0 aromatic rings. The smallest absolute Gasteiger partial charge is 0.0576 e. The first kappa shape index (κ1) is 16.2. The summed E-state index contributed by atoms with van der Waals surface area (Å²) in [6.45, 7) is 11.4. The van der Waals surface area contributed by atoms with E-state index in [0.29, 0.717) is 12.0 Å². The van der Waals surface area contributed by atoms with Gasteiger partial charge in [0.05, 0.1) is 6.10 Å². The lowest BCUT2D eigenvalue weighted by Crippen LogP contribution is -2.35. The Morgan fingerprint density at radius 2 is 1.95 bits per heavy atom. The van der Waals surface area contributed by atoms with Crippen LogP contribution in [0.15, 0.2) is 0 Å². The average Bonchev–Trinajstić information content (AvgIpc) is 2.87. The number of hydrogen-bond acceptors (Lipinski definition) is 4. The number of hydrogen-bond donors (Lipinski definition) is 1. The second-order valence-electron chi connectivity index (χ2n) is 6.61. The SMILES string of the molecule is CC(CN)CN1CCCN(CCCC2CCCO2)CC1. The largest absolute Gasteiger partial charge is 0.378 e. The summed E-state index contributed by atoms with van der Waals surface area (Å²) in [6, 6.07) is 0. The Kier molecular flexibility index (Phi) is 7.28. The van der Waals surface area contributed by atoms with Crippen LogP contribution in [-0.4, -0.2) is 68.3 Å². The second-order valence-corrected chi connectivity index (χ2v) is 6.61. The molecule has 2 heterocycles. The number of ether oxygens (including phenoxy) is 1. The highest BCUT2D eigenvalue weighted by Gasteiger charge is 2.18. The van der Waals surface area contributed by atoms with Crippen LogP contribution in [0.1, 0.15) is 39.0 Å². The Hall–Kier alpha value is -0.160. The maximum absolute atomic E-state index is 5.73. The molecule has 0 radical (unpaired) electrons. The molecule has 0 saturated carbocycles. The highest BCUT2D eigenvalue weighted by molar-refractivity contribution is 4.73. The van der Waals surface area contributed by atoms with Gasteiger partial charge in [-0.15, -0.1) is 0 Å². The zero-order valence-electron chi connectivity index (χ0n) is 13.2. The van der Waals surface area contributed by atoms with Gasteiger partial charge in [-0.2, -0.15) is 0 Å². The number of nitrogens with zero attached hydrogens (tertiary/aromatic N) is 2. The fourth-order valence-corrected chi connectivity index (χ4v) is 3.36. The van der Waals surface area contributed by atoms with E-state index in [0.717, 1.165) is 13.2 Å². The average molecular weight is 283 g/mol. The predicted molar refractivity (Wildman–Crippen MR) is 83.9 cm³/mol. The summed E-state index contributed by atoms with van der Waals surface area (Å²) in [5, 5.41) is 0. The third kappa shape index (κ3) is 5.68. The van der Waals surface area contributed by atoms with Crippen LogP contribution in [0.4, 0.5) is 0 Å². The van der Waals surface area contributed by atoms with Gasteiger partial charge in [0.25, 0.3) is 0 Å². The van der Waals surface area contributed by atoms with Crippen molar-refractivity contribution in [1.82, 2.24) is 9.80 Å². The van der Waals surface area contributed by atoms with E-state index in [1.807, 2.05) is 0 Å². The fraction of sp³-hybridized carbons (Fsp3) is 1.00. The zero-order chi connectivity index (χ0) is 14.2. The summed E-state index contributed by atoms with van der Waals surface area (Å²) in [7, 11) is 0. The van der Waals surface area contributed by atoms with Crippen LogP contribution < -0.4 is 5.73 Å². The standard InChI is InChI=1S/C16H33N3O/c1-15(13-17)14-19-9-4-8-18(10-11-19)7-2-5-16-6-3-12-20-16/h15-16H,2-14,17H2,1H3. The molecule has 2 aliphatic rings. The molecule has 2 aliphatic heterocycles. The Morgan fingerprint density at radius 3 is 2.70 bits per heavy atom. The van der Waals surface area contributed by atoms with Crippen LogP contribution in [0.5, 0.6) is 0 Å². The van der Waals surface area contributed by atoms with E-state index in [-0.39, 0.29) is 0 Å². The molecule has 4 nitrogen and oxygen atoms in total. The van der Waals surface area contributed by atoms with Crippen molar-refractivity contribution in [3.05, 3.63) is 0 Å². The molecule has 118 valence electrons. The van der Waals surface area contributed by atoms with Gasteiger partial charge in [-0.05, 0) is 64.2 Å². The van der Waals surface area contributed by atoms with Gasteiger partial charge < -0.3 is 20.3 Å². The summed E-state index contributed by atoms with van der Waals surface area (Å²) >= 11 is 0. The molecule has 4 heteroatoms. The van der Waals surface area contributed by atoms with Crippen molar-refractivity contribution in [3.63, 3.8) is 0 Å². The van der Waals surface area contributed by atoms with Gasteiger partial charge in [0.2, 0.25) is 0 Å². The predicted octanol–water partition coefficient (Wildman–Crippen LogP) is 1.55. The molecule has 0 bridgehead atoms. The number of nitrogens with two attached hydrogens (primary N) is 1.